The monoisotopic (exact) mass is 323 g/mol. The molecule has 0 aliphatic heterocycles. The van der Waals surface area contributed by atoms with Crippen molar-refractivity contribution in [2.45, 2.75) is 27.4 Å². The first-order valence-electron chi connectivity index (χ1n) is 8.10. The molecule has 0 saturated carbocycles. The van der Waals surface area contributed by atoms with Crippen LogP contribution in [0.1, 0.15) is 31.9 Å². The number of rotatable bonds is 7. The SMILES string of the molecule is C=C(C)/C(=C(/OCc1ccccc1)c1ccccc1NO)C(C)C. The Labute approximate surface area is 144 Å². The van der Waals surface area contributed by atoms with E-state index < -0.39 is 0 Å². The average Bonchev–Trinajstić information content (AvgIpc) is 2.58. The number of anilines is 1. The summed E-state index contributed by atoms with van der Waals surface area (Å²) in [6.07, 6.45) is 0. The second kappa shape index (κ2) is 8.37. The van der Waals surface area contributed by atoms with Gasteiger partial charge in [0.05, 0.1) is 5.69 Å². The summed E-state index contributed by atoms with van der Waals surface area (Å²) in [5.41, 5.74) is 6.80. The molecular weight excluding hydrogens is 298 g/mol. The molecular formula is C21H25NO2. The van der Waals surface area contributed by atoms with Crippen LogP contribution in [0.5, 0.6) is 0 Å². The Morgan fingerprint density at radius 2 is 1.71 bits per heavy atom. The van der Waals surface area contributed by atoms with Gasteiger partial charge in [0.25, 0.3) is 0 Å². The first kappa shape index (κ1) is 17.8. The number of hydrogen-bond donors (Lipinski definition) is 2. The maximum Gasteiger partial charge on any atom is 0.132 e. The molecule has 3 nitrogen and oxygen atoms in total. The molecule has 0 heterocycles. The quantitative estimate of drug-likeness (QED) is 0.393. The summed E-state index contributed by atoms with van der Waals surface area (Å²) in [5, 5.41) is 9.46. The van der Waals surface area contributed by atoms with Gasteiger partial charge in [-0.05, 0) is 36.1 Å². The Morgan fingerprint density at radius 3 is 2.29 bits per heavy atom. The molecule has 2 N–H and O–H groups in total. The normalized spacial score (nSPS) is 11.9. The number of nitrogens with one attached hydrogen (secondary N) is 1. The number of benzene rings is 2. The van der Waals surface area contributed by atoms with Crippen molar-refractivity contribution in [3.05, 3.63) is 83.4 Å². The van der Waals surface area contributed by atoms with Gasteiger partial charge in [0.1, 0.15) is 12.4 Å². The predicted octanol–water partition coefficient (Wildman–Crippen LogP) is 5.65. The van der Waals surface area contributed by atoms with Gasteiger partial charge in [0, 0.05) is 5.56 Å². The van der Waals surface area contributed by atoms with Crippen LogP contribution in [-0.4, -0.2) is 5.21 Å². The molecule has 0 spiro atoms. The van der Waals surface area contributed by atoms with Crippen LogP contribution in [0, 0.1) is 5.92 Å². The molecule has 0 atom stereocenters. The van der Waals surface area contributed by atoms with Crippen LogP contribution >= 0.6 is 0 Å². The van der Waals surface area contributed by atoms with E-state index in [0.717, 1.165) is 28.0 Å². The molecule has 0 fully saturated rings. The van der Waals surface area contributed by atoms with E-state index in [1.807, 2.05) is 61.5 Å². The van der Waals surface area contributed by atoms with E-state index in [4.69, 9.17) is 4.74 Å². The molecule has 0 amide bonds. The molecule has 2 rings (SSSR count). The minimum Gasteiger partial charge on any atom is -0.488 e. The smallest absolute Gasteiger partial charge is 0.132 e. The Bertz CT molecular complexity index is 718. The predicted molar refractivity (Wildman–Crippen MR) is 99.7 cm³/mol. The highest BCUT2D eigenvalue weighted by molar-refractivity contribution is 5.76. The Hall–Kier alpha value is -2.52. The van der Waals surface area contributed by atoms with E-state index in [0.29, 0.717) is 12.3 Å². The van der Waals surface area contributed by atoms with E-state index in [1.165, 1.54) is 0 Å². The van der Waals surface area contributed by atoms with Crippen LogP contribution in [0.25, 0.3) is 5.76 Å². The average molecular weight is 323 g/mol. The fourth-order valence-electron chi connectivity index (χ4n) is 2.76. The largest absolute Gasteiger partial charge is 0.488 e. The lowest BCUT2D eigenvalue weighted by molar-refractivity contribution is 0.260. The zero-order chi connectivity index (χ0) is 17.5. The van der Waals surface area contributed by atoms with Gasteiger partial charge in [-0.15, -0.1) is 0 Å². The zero-order valence-electron chi connectivity index (χ0n) is 14.5. The lowest BCUT2D eigenvalue weighted by Crippen LogP contribution is -2.06. The lowest BCUT2D eigenvalue weighted by atomic mass is 9.92. The molecule has 24 heavy (non-hydrogen) atoms. The molecule has 0 unspecified atom stereocenters. The third-order valence-electron chi connectivity index (χ3n) is 3.80. The van der Waals surface area contributed by atoms with Crippen LogP contribution in [0.15, 0.2) is 72.3 Å². The summed E-state index contributed by atoms with van der Waals surface area (Å²) in [7, 11) is 0. The Morgan fingerprint density at radius 1 is 1.08 bits per heavy atom. The van der Waals surface area contributed by atoms with Crippen LogP contribution in [0.2, 0.25) is 0 Å². The molecule has 0 aliphatic carbocycles. The molecule has 2 aromatic rings. The van der Waals surface area contributed by atoms with Gasteiger partial charge in [0.2, 0.25) is 0 Å². The lowest BCUT2D eigenvalue weighted by Gasteiger charge is -2.21. The van der Waals surface area contributed by atoms with E-state index in [-0.39, 0.29) is 5.92 Å². The van der Waals surface area contributed by atoms with Gasteiger partial charge in [-0.2, -0.15) is 0 Å². The van der Waals surface area contributed by atoms with Crippen molar-refractivity contribution in [2.75, 3.05) is 5.48 Å². The van der Waals surface area contributed by atoms with Crippen molar-refractivity contribution in [1.29, 1.82) is 0 Å². The number of allylic oxidation sites excluding steroid dienone is 2. The fraction of sp³-hybridized carbons (Fsp3) is 0.238. The molecule has 0 bridgehead atoms. The van der Waals surface area contributed by atoms with Crippen LogP contribution in [-0.2, 0) is 11.3 Å². The van der Waals surface area contributed by atoms with E-state index in [2.05, 4.69) is 25.9 Å². The molecule has 126 valence electrons. The second-order valence-corrected chi connectivity index (χ2v) is 6.11. The van der Waals surface area contributed by atoms with E-state index in [9.17, 15) is 5.21 Å². The van der Waals surface area contributed by atoms with Crippen LogP contribution in [0.3, 0.4) is 0 Å². The summed E-state index contributed by atoms with van der Waals surface area (Å²) in [6, 6.07) is 17.6. The maximum atomic E-state index is 9.46. The highest BCUT2D eigenvalue weighted by Gasteiger charge is 2.18. The van der Waals surface area contributed by atoms with E-state index >= 15 is 0 Å². The van der Waals surface area contributed by atoms with Gasteiger partial charge in [-0.25, -0.2) is 0 Å². The third-order valence-corrected chi connectivity index (χ3v) is 3.80. The fourth-order valence-corrected chi connectivity index (χ4v) is 2.76. The first-order chi connectivity index (χ1) is 11.5. The van der Waals surface area contributed by atoms with Crippen molar-refractivity contribution in [3.63, 3.8) is 0 Å². The molecule has 0 aromatic heterocycles. The first-order valence-corrected chi connectivity index (χ1v) is 8.10. The molecule has 3 heteroatoms. The second-order valence-electron chi connectivity index (χ2n) is 6.11. The minimum atomic E-state index is 0.250. The van der Waals surface area contributed by atoms with Gasteiger partial charge in [-0.3, -0.25) is 10.7 Å². The molecule has 0 radical (unpaired) electrons. The Balaban J connectivity index is 2.49. The van der Waals surface area contributed by atoms with Gasteiger partial charge < -0.3 is 4.74 Å². The maximum absolute atomic E-state index is 9.46. The summed E-state index contributed by atoms with van der Waals surface area (Å²) < 4.78 is 6.21. The van der Waals surface area contributed by atoms with Crippen LogP contribution in [0.4, 0.5) is 5.69 Å². The van der Waals surface area contributed by atoms with Crippen molar-refractivity contribution < 1.29 is 9.94 Å². The zero-order valence-corrected chi connectivity index (χ0v) is 14.5. The van der Waals surface area contributed by atoms with E-state index in [1.54, 1.807) is 0 Å². The molecule has 2 aromatic carbocycles. The summed E-state index contributed by atoms with van der Waals surface area (Å²) in [5.74, 6) is 0.999. The summed E-state index contributed by atoms with van der Waals surface area (Å²) in [6.45, 7) is 10.8. The van der Waals surface area contributed by atoms with Crippen molar-refractivity contribution >= 4 is 11.4 Å². The minimum absolute atomic E-state index is 0.250. The standard InChI is InChI=1S/C21H25NO2/c1-15(2)20(16(3)4)21(18-12-8-9-13-19(18)22-23)24-14-17-10-6-5-7-11-17/h5-13,16,22-23H,1,14H2,2-4H3/b21-20-. The number of hydrogen-bond acceptors (Lipinski definition) is 3. The number of ether oxygens (including phenoxy) is 1. The van der Waals surface area contributed by atoms with Gasteiger partial charge in [0.15, 0.2) is 0 Å². The highest BCUT2D eigenvalue weighted by Crippen LogP contribution is 2.34. The van der Waals surface area contributed by atoms with Crippen LogP contribution < -0.4 is 5.48 Å². The Kier molecular flexibility index (Phi) is 6.21. The molecule has 0 saturated heterocycles. The van der Waals surface area contributed by atoms with Gasteiger partial charge >= 0.3 is 0 Å². The highest BCUT2D eigenvalue weighted by atomic mass is 16.5. The van der Waals surface area contributed by atoms with Crippen molar-refractivity contribution in [2.24, 2.45) is 5.92 Å². The number of para-hydroxylation sites is 1. The van der Waals surface area contributed by atoms with Gasteiger partial charge in [-0.1, -0.05) is 68.5 Å². The third kappa shape index (κ3) is 4.27. The topological polar surface area (TPSA) is 41.5 Å². The van der Waals surface area contributed by atoms with Crippen molar-refractivity contribution in [1.82, 2.24) is 0 Å². The van der Waals surface area contributed by atoms with Crippen molar-refractivity contribution in [3.8, 4) is 0 Å². The summed E-state index contributed by atoms with van der Waals surface area (Å²) >= 11 is 0. The molecule has 0 aliphatic rings. The summed E-state index contributed by atoms with van der Waals surface area (Å²) in [4.78, 5) is 0.